The van der Waals surface area contributed by atoms with E-state index in [2.05, 4.69) is 4.98 Å². The zero-order valence-electron chi connectivity index (χ0n) is 13.0. The van der Waals surface area contributed by atoms with Crippen LogP contribution in [0, 0.1) is 12.3 Å². The number of pyridine rings is 1. The number of hydrogen-bond acceptors (Lipinski definition) is 4. The van der Waals surface area contributed by atoms with Gasteiger partial charge in [-0.1, -0.05) is 13.3 Å². The van der Waals surface area contributed by atoms with Crippen molar-refractivity contribution in [1.29, 1.82) is 0 Å². The van der Waals surface area contributed by atoms with Crippen LogP contribution in [-0.4, -0.2) is 51.2 Å². The average molecular weight is 306 g/mol. The van der Waals surface area contributed by atoms with Crippen LogP contribution in [0.1, 0.15) is 42.1 Å². The van der Waals surface area contributed by atoms with E-state index in [1.165, 1.54) is 11.1 Å². The van der Waals surface area contributed by atoms with Crippen LogP contribution in [0.15, 0.2) is 18.5 Å². The highest BCUT2D eigenvalue weighted by atomic mass is 16.4. The molecule has 2 N–H and O–H groups in total. The number of aromatic nitrogens is 1. The van der Waals surface area contributed by atoms with E-state index >= 15 is 0 Å². The number of nitrogens with zero attached hydrogens (tertiary/aromatic N) is 2. The number of carbonyl (C=O) groups excluding carboxylic acids is 1. The van der Waals surface area contributed by atoms with Crippen molar-refractivity contribution in [2.45, 2.75) is 39.2 Å². The van der Waals surface area contributed by atoms with E-state index in [-0.39, 0.29) is 18.9 Å². The predicted octanol–water partition coefficient (Wildman–Crippen LogP) is 1.47. The number of carboxylic acid groups (broad SMARTS) is 1. The van der Waals surface area contributed by atoms with Crippen molar-refractivity contribution in [2.24, 2.45) is 5.41 Å². The monoisotopic (exact) mass is 306 g/mol. The van der Waals surface area contributed by atoms with Crippen LogP contribution in [0.3, 0.4) is 0 Å². The summed E-state index contributed by atoms with van der Waals surface area (Å²) in [6, 6.07) is 1.74. The van der Waals surface area contributed by atoms with Gasteiger partial charge in [0.25, 0.3) is 5.91 Å². The number of rotatable bonds is 4. The normalized spacial score (nSPS) is 25.0. The maximum atomic E-state index is 12.6. The number of aryl methyl sites for hydroxylation is 1. The third-order valence-corrected chi connectivity index (χ3v) is 4.31. The molecule has 1 aliphatic rings. The molecule has 0 saturated carbocycles. The van der Waals surface area contributed by atoms with Gasteiger partial charge in [0.15, 0.2) is 0 Å². The summed E-state index contributed by atoms with van der Waals surface area (Å²) in [5, 5.41) is 19.8. The lowest BCUT2D eigenvalue weighted by atomic mass is 9.74. The second-order valence-electron chi connectivity index (χ2n) is 5.99. The Morgan fingerprint density at radius 3 is 2.77 bits per heavy atom. The fourth-order valence-electron chi connectivity index (χ4n) is 3.12. The van der Waals surface area contributed by atoms with Gasteiger partial charge in [0.2, 0.25) is 0 Å². The standard InChI is InChI=1S/C16H22N2O4/c1-3-5-16(15(21)22)10-18(6-4-13(16)19)14(20)12-7-11(2)8-17-9-12/h7-9,13,19H,3-6,10H2,1-2H3,(H,21,22)/t13-,16+/m0/s1. The third-order valence-electron chi connectivity index (χ3n) is 4.31. The Morgan fingerprint density at radius 1 is 1.45 bits per heavy atom. The van der Waals surface area contributed by atoms with Gasteiger partial charge in [0.05, 0.1) is 11.7 Å². The highest BCUT2D eigenvalue weighted by Crippen LogP contribution is 2.36. The second kappa shape index (κ2) is 6.44. The van der Waals surface area contributed by atoms with Gasteiger partial charge in [-0.3, -0.25) is 14.6 Å². The predicted molar refractivity (Wildman–Crippen MR) is 80.5 cm³/mol. The van der Waals surface area contributed by atoms with Crippen molar-refractivity contribution in [2.75, 3.05) is 13.1 Å². The van der Waals surface area contributed by atoms with Crippen LogP contribution >= 0.6 is 0 Å². The molecule has 0 aromatic carbocycles. The summed E-state index contributed by atoms with van der Waals surface area (Å²) in [5.41, 5.74) is 0.0491. The summed E-state index contributed by atoms with van der Waals surface area (Å²) in [7, 11) is 0. The number of aliphatic hydroxyl groups is 1. The molecule has 2 heterocycles. The number of amides is 1. The smallest absolute Gasteiger partial charge is 0.314 e. The number of likely N-dealkylation sites (tertiary alicyclic amines) is 1. The van der Waals surface area contributed by atoms with Crippen LogP contribution in [0.5, 0.6) is 0 Å². The van der Waals surface area contributed by atoms with Gasteiger partial charge in [0, 0.05) is 25.5 Å². The van der Waals surface area contributed by atoms with Gasteiger partial charge in [-0.05, 0) is 31.4 Å². The van der Waals surface area contributed by atoms with Crippen molar-refractivity contribution in [3.63, 3.8) is 0 Å². The van der Waals surface area contributed by atoms with Gasteiger partial charge in [-0.2, -0.15) is 0 Å². The largest absolute Gasteiger partial charge is 0.481 e. The van der Waals surface area contributed by atoms with Gasteiger partial charge < -0.3 is 15.1 Å². The third kappa shape index (κ3) is 2.97. The molecule has 120 valence electrons. The maximum Gasteiger partial charge on any atom is 0.314 e. The van der Waals surface area contributed by atoms with Crippen LogP contribution in [0.25, 0.3) is 0 Å². The first-order chi connectivity index (χ1) is 10.4. The minimum atomic E-state index is -1.28. The number of hydrogen-bond donors (Lipinski definition) is 2. The molecule has 0 radical (unpaired) electrons. The van der Waals surface area contributed by atoms with E-state index in [4.69, 9.17) is 0 Å². The van der Waals surface area contributed by atoms with Crippen LogP contribution < -0.4 is 0 Å². The highest BCUT2D eigenvalue weighted by Gasteiger charge is 2.49. The maximum absolute atomic E-state index is 12.6. The number of carbonyl (C=O) groups is 2. The van der Waals surface area contributed by atoms with Gasteiger partial charge in [-0.25, -0.2) is 0 Å². The lowest BCUT2D eigenvalue weighted by Crippen LogP contribution is -2.57. The molecule has 22 heavy (non-hydrogen) atoms. The number of piperidine rings is 1. The van der Waals surface area contributed by atoms with E-state index in [0.717, 1.165) is 5.56 Å². The summed E-state index contributed by atoms with van der Waals surface area (Å²) in [6.07, 6.45) is 3.48. The topological polar surface area (TPSA) is 90.7 Å². The van der Waals surface area contributed by atoms with E-state index in [9.17, 15) is 19.8 Å². The van der Waals surface area contributed by atoms with E-state index in [1.54, 1.807) is 12.3 Å². The molecule has 2 atom stereocenters. The first-order valence-corrected chi connectivity index (χ1v) is 7.53. The second-order valence-corrected chi connectivity index (χ2v) is 5.99. The molecule has 6 nitrogen and oxygen atoms in total. The molecule has 1 fully saturated rings. The Morgan fingerprint density at radius 2 is 2.18 bits per heavy atom. The van der Waals surface area contributed by atoms with Crippen LogP contribution in [0.2, 0.25) is 0 Å². The quantitative estimate of drug-likeness (QED) is 0.879. The lowest BCUT2D eigenvalue weighted by molar-refractivity contribution is -0.162. The molecule has 0 spiro atoms. The molecule has 6 heteroatoms. The molecule has 2 rings (SSSR count). The Hall–Kier alpha value is -1.95. The molecule has 1 aromatic rings. The highest BCUT2D eigenvalue weighted by molar-refractivity contribution is 5.94. The van der Waals surface area contributed by atoms with Crippen molar-refractivity contribution >= 4 is 11.9 Å². The summed E-state index contributed by atoms with van der Waals surface area (Å²) in [6.45, 7) is 4.11. The molecule has 0 unspecified atom stereocenters. The molecular formula is C16H22N2O4. The van der Waals surface area contributed by atoms with Gasteiger partial charge in [0.1, 0.15) is 5.41 Å². The Balaban J connectivity index is 2.26. The molecule has 1 aliphatic heterocycles. The van der Waals surface area contributed by atoms with Crippen molar-refractivity contribution in [1.82, 2.24) is 9.88 Å². The summed E-state index contributed by atoms with van der Waals surface area (Å²) in [4.78, 5) is 29.8. The summed E-state index contributed by atoms with van der Waals surface area (Å²) < 4.78 is 0. The molecule has 1 amide bonds. The van der Waals surface area contributed by atoms with E-state index in [1.807, 2.05) is 13.8 Å². The summed E-state index contributed by atoms with van der Waals surface area (Å²) >= 11 is 0. The first-order valence-electron chi connectivity index (χ1n) is 7.53. The van der Waals surface area contributed by atoms with E-state index < -0.39 is 17.5 Å². The zero-order valence-corrected chi connectivity index (χ0v) is 13.0. The first kappa shape index (κ1) is 16.4. The molecular weight excluding hydrogens is 284 g/mol. The molecule has 0 aliphatic carbocycles. The number of aliphatic carboxylic acids is 1. The van der Waals surface area contributed by atoms with E-state index in [0.29, 0.717) is 24.9 Å². The molecule has 1 aromatic heterocycles. The molecule has 0 bridgehead atoms. The zero-order chi connectivity index (χ0) is 16.3. The number of carboxylic acids is 1. The van der Waals surface area contributed by atoms with Crippen molar-refractivity contribution < 1.29 is 19.8 Å². The minimum absolute atomic E-state index is 0.0319. The van der Waals surface area contributed by atoms with Crippen molar-refractivity contribution in [3.05, 3.63) is 29.6 Å². The Labute approximate surface area is 129 Å². The van der Waals surface area contributed by atoms with Gasteiger partial charge in [-0.15, -0.1) is 0 Å². The summed E-state index contributed by atoms with van der Waals surface area (Å²) in [5.74, 6) is -1.27. The SMILES string of the molecule is CCC[C@@]1(C(=O)O)CN(C(=O)c2cncc(C)c2)CC[C@@H]1O. The lowest BCUT2D eigenvalue weighted by Gasteiger charge is -2.43. The Kier molecular flexibility index (Phi) is 4.81. The number of aliphatic hydroxyl groups excluding tert-OH is 1. The average Bonchev–Trinajstić information content (AvgIpc) is 2.48. The fraction of sp³-hybridized carbons (Fsp3) is 0.562. The van der Waals surface area contributed by atoms with Crippen molar-refractivity contribution in [3.8, 4) is 0 Å². The van der Waals surface area contributed by atoms with Gasteiger partial charge >= 0.3 is 5.97 Å². The van der Waals surface area contributed by atoms with Crippen LogP contribution in [0.4, 0.5) is 0 Å². The minimum Gasteiger partial charge on any atom is -0.481 e. The van der Waals surface area contributed by atoms with Crippen LogP contribution in [-0.2, 0) is 4.79 Å². The molecule has 1 saturated heterocycles. The Bertz CT molecular complexity index is 575. The fourth-order valence-corrected chi connectivity index (χ4v) is 3.12.